The van der Waals surface area contributed by atoms with Crippen molar-refractivity contribution in [2.75, 3.05) is 13.1 Å². The normalized spacial score (nSPS) is 18.6. The highest BCUT2D eigenvalue weighted by atomic mass is 79.9. The largest absolute Gasteiger partial charge is 0.317 e. The van der Waals surface area contributed by atoms with Gasteiger partial charge in [0.05, 0.1) is 4.90 Å². The van der Waals surface area contributed by atoms with Crippen molar-refractivity contribution < 1.29 is 8.42 Å². The van der Waals surface area contributed by atoms with Crippen LogP contribution in [-0.4, -0.2) is 27.0 Å². The van der Waals surface area contributed by atoms with Gasteiger partial charge in [0.2, 0.25) is 10.0 Å². The van der Waals surface area contributed by atoms with E-state index in [4.69, 9.17) is 0 Å². The van der Waals surface area contributed by atoms with Crippen molar-refractivity contribution >= 4 is 38.4 Å². The van der Waals surface area contributed by atoms with Crippen LogP contribution in [0.25, 0.3) is 0 Å². The van der Waals surface area contributed by atoms with Gasteiger partial charge in [-0.2, -0.15) is 0 Å². The Balaban J connectivity index is 0.00000180. The SMILES string of the molecule is CC1(NS(=O)(=O)c2ccccc2Br)CCNCC1.Cl. The molecule has 1 saturated heterocycles. The molecule has 2 rings (SSSR count). The summed E-state index contributed by atoms with van der Waals surface area (Å²) in [5, 5.41) is 3.23. The van der Waals surface area contributed by atoms with Gasteiger partial charge in [-0.15, -0.1) is 12.4 Å². The number of halogens is 2. The second kappa shape index (κ2) is 6.54. The van der Waals surface area contributed by atoms with E-state index in [1.165, 1.54) is 0 Å². The maximum absolute atomic E-state index is 12.4. The molecule has 0 atom stereocenters. The van der Waals surface area contributed by atoms with E-state index in [1.807, 2.05) is 6.92 Å². The third-order valence-corrected chi connectivity index (χ3v) is 5.86. The zero-order chi connectivity index (χ0) is 13.2. The highest BCUT2D eigenvalue weighted by Gasteiger charge is 2.32. The number of benzene rings is 1. The third-order valence-electron chi connectivity index (χ3n) is 3.21. The molecule has 0 aliphatic carbocycles. The van der Waals surface area contributed by atoms with Crippen molar-refractivity contribution in [3.63, 3.8) is 0 Å². The molecule has 7 heteroatoms. The van der Waals surface area contributed by atoms with Gasteiger partial charge in [0.1, 0.15) is 0 Å². The first-order chi connectivity index (χ1) is 8.43. The summed E-state index contributed by atoms with van der Waals surface area (Å²) in [7, 11) is -3.47. The molecule has 0 saturated carbocycles. The number of piperidine rings is 1. The van der Waals surface area contributed by atoms with Crippen LogP contribution < -0.4 is 10.0 Å². The Labute approximate surface area is 128 Å². The van der Waals surface area contributed by atoms with Crippen LogP contribution in [0.5, 0.6) is 0 Å². The van der Waals surface area contributed by atoms with Gasteiger partial charge >= 0.3 is 0 Å². The predicted octanol–water partition coefficient (Wildman–Crippen LogP) is 2.29. The van der Waals surface area contributed by atoms with E-state index < -0.39 is 10.0 Å². The number of sulfonamides is 1. The topological polar surface area (TPSA) is 58.2 Å². The summed E-state index contributed by atoms with van der Waals surface area (Å²) < 4.78 is 28.2. The summed E-state index contributed by atoms with van der Waals surface area (Å²) >= 11 is 3.28. The van der Waals surface area contributed by atoms with Crippen LogP contribution >= 0.6 is 28.3 Å². The van der Waals surface area contributed by atoms with Crippen molar-refractivity contribution in [3.8, 4) is 0 Å². The summed E-state index contributed by atoms with van der Waals surface area (Å²) in [6, 6.07) is 6.87. The summed E-state index contributed by atoms with van der Waals surface area (Å²) in [4.78, 5) is 0.296. The zero-order valence-corrected chi connectivity index (χ0v) is 13.9. The Morgan fingerprint density at radius 3 is 2.42 bits per heavy atom. The van der Waals surface area contributed by atoms with Crippen LogP contribution in [0.4, 0.5) is 0 Å². The fourth-order valence-electron chi connectivity index (χ4n) is 2.12. The average Bonchev–Trinajstić information content (AvgIpc) is 2.28. The van der Waals surface area contributed by atoms with Gasteiger partial charge < -0.3 is 5.32 Å². The second-order valence-electron chi connectivity index (χ2n) is 4.85. The van der Waals surface area contributed by atoms with E-state index in [0.717, 1.165) is 25.9 Å². The second-order valence-corrected chi connectivity index (χ2v) is 7.35. The molecule has 1 aromatic rings. The Morgan fingerprint density at radius 2 is 1.84 bits per heavy atom. The monoisotopic (exact) mass is 368 g/mol. The standard InChI is InChI=1S/C12H17BrN2O2S.ClH/c1-12(6-8-14-9-7-12)15-18(16,17)11-5-3-2-4-10(11)13;/h2-5,14-15H,6-9H2,1H3;1H. The molecule has 2 N–H and O–H groups in total. The van der Waals surface area contributed by atoms with Crippen molar-refractivity contribution in [3.05, 3.63) is 28.7 Å². The van der Waals surface area contributed by atoms with Crippen molar-refractivity contribution in [2.24, 2.45) is 0 Å². The summed E-state index contributed by atoms with van der Waals surface area (Å²) in [5.41, 5.74) is -0.362. The molecule has 0 amide bonds. The first-order valence-electron chi connectivity index (χ1n) is 5.92. The lowest BCUT2D eigenvalue weighted by Crippen LogP contribution is -2.52. The van der Waals surface area contributed by atoms with Crippen LogP contribution in [0.2, 0.25) is 0 Å². The minimum absolute atomic E-state index is 0. The Hall–Kier alpha value is -0.140. The van der Waals surface area contributed by atoms with E-state index in [9.17, 15) is 8.42 Å². The minimum Gasteiger partial charge on any atom is -0.317 e. The maximum atomic E-state index is 12.4. The van der Waals surface area contributed by atoms with Gasteiger partial charge in [-0.05, 0) is 60.9 Å². The molecule has 1 aliphatic rings. The predicted molar refractivity (Wildman–Crippen MR) is 82.2 cm³/mol. The number of hydrogen-bond acceptors (Lipinski definition) is 3. The quantitative estimate of drug-likeness (QED) is 0.859. The van der Waals surface area contributed by atoms with Gasteiger partial charge in [-0.25, -0.2) is 13.1 Å². The lowest BCUT2D eigenvalue weighted by molar-refractivity contribution is 0.308. The molecule has 1 aliphatic heterocycles. The summed E-state index contributed by atoms with van der Waals surface area (Å²) in [5.74, 6) is 0. The van der Waals surface area contributed by atoms with E-state index in [1.54, 1.807) is 24.3 Å². The van der Waals surface area contributed by atoms with Crippen LogP contribution in [-0.2, 0) is 10.0 Å². The first-order valence-corrected chi connectivity index (χ1v) is 8.20. The van der Waals surface area contributed by atoms with E-state index in [-0.39, 0.29) is 17.9 Å². The van der Waals surface area contributed by atoms with Crippen molar-refractivity contribution in [1.82, 2.24) is 10.0 Å². The number of hydrogen-bond donors (Lipinski definition) is 2. The zero-order valence-electron chi connectivity index (χ0n) is 10.6. The fourth-order valence-corrected chi connectivity index (χ4v) is 4.59. The molecule has 19 heavy (non-hydrogen) atoms. The molecule has 0 unspecified atom stereocenters. The Bertz CT molecular complexity index is 530. The van der Waals surface area contributed by atoms with Gasteiger partial charge in [-0.1, -0.05) is 12.1 Å². The van der Waals surface area contributed by atoms with Gasteiger partial charge in [0.15, 0.2) is 0 Å². The molecule has 0 aromatic heterocycles. The number of rotatable bonds is 3. The van der Waals surface area contributed by atoms with E-state index >= 15 is 0 Å². The molecule has 108 valence electrons. The lowest BCUT2D eigenvalue weighted by atomic mass is 9.92. The van der Waals surface area contributed by atoms with Crippen LogP contribution in [0.15, 0.2) is 33.6 Å². The highest BCUT2D eigenvalue weighted by molar-refractivity contribution is 9.10. The third kappa shape index (κ3) is 4.16. The molecule has 1 aromatic carbocycles. The van der Waals surface area contributed by atoms with E-state index in [2.05, 4.69) is 26.0 Å². The Kier molecular flexibility index (Phi) is 5.82. The molecule has 0 bridgehead atoms. The summed E-state index contributed by atoms with van der Waals surface area (Å²) in [6.45, 7) is 3.65. The van der Waals surface area contributed by atoms with Crippen molar-refractivity contribution in [1.29, 1.82) is 0 Å². The average molecular weight is 370 g/mol. The Morgan fingerprint density at radius 1 is 1.26 bits per heavy atom. The van der Waals surface area contributed by atoms with Gasteiger partial charge in [-0.3, -0.25) is 0 Å². The van der Waals surface area contributed by atoms with Crippen LogP contribution in [0.3, 0.4) is 0 Å². The van der Waals surface area contributed by atoms with Crippen LogP contribution in [0, 0.1) is 0 Å². The molecular weight excluding hydrogens is 352 g/mol. The molecule has 1 fully saturated rings. The first kappa shape index (κ1) is 16.9. The highest BCUT2D eigenvalue weighted by Crippen LogP contribution is 2.25. The molecule has 1 heterocycles. The fraction of sp³-hybridized carbons (Fsp3) is 0.500. The molecule has 4 nitrogen and oxygen atoms in total. The molecule has 0 spiro atoms. The number of nitrogens with one attached hydrogen (secondary N) is 2. The minimum atomic E-state index is -3.47. The van der Waals surface area contributed by atoms with E-state index in [0.29, 0.717) is 9.37 Å². The molecular formula is C12H18BrClN2O2S. The van der Waals surface area contributed by atoms with Crippen LogP contribution in [0.1, 0.15) is 19.8 Å². The van der Waals surface area contributed by atoms with Gasteiger partial charge in [0, 0.05) is 10.0 Å². The lowest BCUT2D eigenvalue weighted by Gasteiger charge is -2.34. The van der Waals surface area contributed by atoms with Crippen molar-refractivity contribution in [2.45, 2.75) is 30.2 Å². The summed E-state index contributed by atoms with van der Waals surface area (Å²) in [6.07, 6.45) is 1.60. The maximum Gasteiger partial charge on any atom is 0.242 e. The smallest absolute Gasteiger partial charge is 0.242 e. The van der Waals surface area contributed by atoms with Gasteiger partial charge in [0.25, 0.3) is 0 Å². The molecule has 0 radical (unpaired) electrons.